The first kappa shape index (κ1) is 20.0. The maximum atomic E-state index is 13.0. The van der Waals surface area contributed by atoms with E-state index in [2.05, 4.69) is 15.6 Å². The number of aromatic nitrogens is 1. The van der Waals surface area contributed by atoms with Crippen LogP contribution in [0.15, 0.2) is 24.5 Å². The summed E-state index contributed by atoms with van der Waals surface area (Å²) in [6, 6.07) is 2.83. The molecule has 0 aliphatic carbocycles. The van der Waals surface area contributed by atoms with Gasteiger partial charge in [-0.2, -0.15) is 0 Å². The summed E-state index contributed by atoms with van der Waals surface area (Å²) in [5.74, 6) is -3.14. The minimum atomic E-state index is -2.78. The second kappa shape index (κ2) is 8.46. The zero-order valence-corrected chi connectivity index (χ0v) is 13.1. The smallest absolute Gasteiger partial charge is 0.262 e. The highest BCUT2D eigenvalue weighted by Crippen LogP contribution is 2.25. The molecular formula is C13H19Cl2F2N3O. The molecule has 1 aliphatic rings. The lowest BCUT2D eigenvalue weighted by atomic mass is 10.1. The molecule has 1 saturated heterocycles. The van der Waals surface area contributed by atoms with Crippen LogP contribution in [0, 0.1) is 0 Å². The maximum Gasteiger partial charge on any atom is 0.262 e. The summed E-state index contributed by atoms with van der Waals surface area (Å²) in [5.41, 5.74) is 1.05. The Hall–Kier alpha value is -0.980. The van der Waals surface area contributed by atoms with Crippen LogP contribution in [0.2, 0.25) is 0 Å². The summed E-state index contributed by atoms with van der Waals surface area (Å²) >= 11 is 0. The van der Waals surface area contributed by atoms with Crippen LogP contribution in [0.5, 0.6) is 0 Å². The van der Waals surface area contributed by atoms with Gasteiger partial charge < -0.3 is 5.32 Å². The lowest BCUT2D eigenvalue weighted by molar-refractivity contribution is -0.124. The van der Waals surface area contributed by atoms with Crippen LogP contribution >= 0.6 is 24.8 Å². The average Bonchev–Trinajstić information content (AvgIpc) is 2.71. The number of halogens is 4. The van der Waals surface area contributed by atoms with E-state index in [1.54, 1.807) is 12.4 Å². The van der Waals surface area contributed by atoms with Gasteiger partial charge in [-0.15, -0.1) is 24.8 Å². The van der Waals surface area contributed by atoms with E-state index in [-0.39, 0.29) is 36.8 Å². The van der Waals surface area contributed by atoms with Crippen molar-refractivity contribution in [3.63, 3.8) is 0 Å². The number of rotatable bonds is 4. The molecule has 4 nitrogen and oxygen atoms in total. The Bertz CT molecular complexity index is 448. The van der Waals surface area contributed by atoms with Crippen molar-refractivity contribution >= 4 is 30.7 Å². The number of pyridine rings is 1. The van der Waals surface area contributed by atoms with Gasteiger partial charge in [0.15, 0.2) is 0 Å². The molecule has 0 spiro atoms. The van der Waals surface area contributed by atoms with Crippen LogP contribution in [-0.4, -0.2) is 35.4 Å². The number of hydrogen-bond acceptors (Lipinski definition) is 3. The average molecular weight is 342 g/mol. The number of alkyl halides is 2. The van der Waals surface area contributed by atoms with Gasteiger partial charge in [-0.1, -0.05) is 0 Å². The number of amides is 1. The number of hydrogen-bond donors (Lipinski definition) is 2. The summed E-state index contributed by atoms with van der Waals surface area (Å²) in [6.07, 6.45) is 3.59. The molecule has 0 aromatic carbocycles. The van der Waals surface area contributed by atoms with Crippen LogP contribution in [0.1, 0.15) is 18.9 Å². The third kappa shape index (κ3) is 6.11. The van der Waals surface area contributed by atoms with Crippen molar-refractivity contribution < 1.29 is 13.6 Å². The monoisotopic (exact) mass is 341 g/mol. The lowest BCUT2D eigenvalue weighted by Crippen LogP contribution is -2.44. The Morgan fingerprint density at radius 3 is 2.62 bits per heavy atom. The van der Waals surface area contributed by atoms with Crippen molar-refractivity contribution in [2.45, 2.75) is 37.8 Å². The molecule has 1 aliphatic heterocycles. The van der Waals surface area contributed by atoms with E-state index < -0.39 is 24.9 Å². The van der Waals surface area contributed by atoms with E-state index in [1.807, 2.05) is 19.1 Å². The maximum absolute atomic E-state index is 13.0. The molecule has 120 valence electrons. The molecule has 1 fully saturated rings. The third-order valence-corrected chi connectivity index (χ3v) is 3.11. The molecule has 2 atom stereocenters. The Labute approximate surface area is 134 Å². The zero-order valence-electron chi connectivity index (χ0n) is 11.5. The van der Waals surface area contributed by atoms with E-state index in [0.29, 0.717) is 6.42 Å². The molecule has 21 heavy (non-hydrogen) atoms. The van der Waals surface area contributed by atoms with Gasteiger partial charge >= 0.3 is 0 Å². The van der Waals surface area contributed by atoms with Crippen LogP contribution < -0.4 is 10.6 Å². The molecule has 0 radical (unpaired) electrons. The van der Waals surface area contributed by atoms with Gasteiger partial charge in [0.2, 0.25) is 5.91 Å². The fraction of sp³-hybridized carbons (Fsp3) is 0.538. The zero-order chi connectivity index (χ0) is 13.9. The summed E-state index contributed by atoms with van der Waals surface area (Å²) < 4.78 is 26.0. The van der Waals surface area contributed by atoms with Crippen LogP contribution in [-0.2, 0) is 11.2 Å². The quantitative estimate of drug-likeness (QED) is 0.880. The minimum Gasteiger partial charge on any atom is -0.352 e. The first-order valence-electron chi connectivity index (χ1n) is 6.27. The fourth-order valence-electron chi connectivity index (χ4n) is 2.17. The first-order chi connectivity index (χ1) is 8.96. The SMILES string of the molecule is CC(Cc1ccncc1)NC(=O)C1CC(F)(F)CN1.Cl.Cl. The molecule has 2 N–H and O–H groups in total. The van der Waals surface area contributed by atoms with Crippen molar-refractivity contribution in [2.24, 2.45) is 0 Å². The highest BCUT2D eigenvalue weighted by molar-refractivity contribution is 5.85. The van der Waals surface area contributed by atoms with E-state index in [1.165, 1.54) is 0 Å². The molecule has 8 heteroatoms. The molecule has 2 unspecified atom stereocenters. The standard InChI is InChI=1S/C13H17F2N3O.2ClH/c1-9(6-10-2-4-16-5-3-10)18-12(19)11-7-13(14,15)8-17-11;;/h2-5,9,11,17H,6-8H2,1H3,(H,18,19);2*1H. The summed E-state index contributed by atoms with van der Waals surface area (Å²) in [6.45, 7) is 1.43. The highest BCUT2D eigenvalue weighted by atomic mass is 35.5. The van der Waals surface area contributed by atoms with Crippen molar-refractivity contribution in [1.29, 1.82) is 0 Å². The molecular weight excluding hydrogens is 323 g/mol. The molecule has 1 aromatic rings. The van der Waals surface area contributed by atoms with Crippen LogP contribution in [0.25, 0.3) is 0 Å². The minimum absolute atomic E-state index is 0. The predicted octanol–water partition coefficient (Wildman–Crippen LogP) is 1.97. The molecule has 1 aromatic heterocycles. The second-order valence-electron chi connectivity index (χ2n) is 4.96. The molecule has 0 saturated carbocycles. The van der Waals surface area contributed by atoms with Crippen molar-refractivity contribution in [1.82, 2.24) is 15.6 Å². The third-order valence-electron chi connectivity index (χ3n) is 3.11. The summed E-state index contributed by atoms with van der Waals surface area (Å²) in [7, 11) is 0. The molecule has 2 heterocycles. The second-order valence-corrected chi connectivity index (χ2v) is 4.96. The van der Waals surface area contributed by atoms with Gasteiger partial charge in [0.05, 0.1) is 12.6 Å². The Morgan fingerprint density at radius 1 is 1.48 bits per heavy atom. The number of carbonyl (C=O) groups excluding carboxylic acids is 1. The van der Waals surface area contributed by atoms with E-state index in [9.17, 15) is 13.6 Å². The summed E-state index contributed by atoms with van der Waals surface area (Å²) in [4.78, 5) is 15.7. The van der Waals surface area contributed by atoms with E-state index in [0.717, 1.165) is 5.56 Å². The topological polar surface area (TPSA) is 54.0 Å². The van der Waals surface area contributed by atoms with Gasteiger partial charge in [0.25, 0.3) is 5.92 Å². The van der Waals surface area contributed by atoms with Gasteiger partial charge in [-0.05, 0) is 31.0 Å². The first-order valence-corrected chi connectivity index (χ1v) is 6.27. The highest BCUT2D eigenvalue weighted by Gasteiger charge is 2.42. The number of nitrogens with zero attached hydrogens (tertiary/aromatic N) is 1. The fourth-order valence-corrected chi connectivity index (χ4v) is 2.17. The van der Waals surface area contributed by atoms with Crippen LogP contribution in [0.4, 0.5) is 8.78 Å². The van der Waals surface area contributed by atoms with Crippen molar-refractivity contribution in [3.05, 3.63) is 30.1 Å². The lowest BCUT2D eigenvalue weighted by Gasteiger charge is -2.17. The van der Waals surface area contributed by atoms with Gasteiger partial charge in [0.1, 0.15) is 0 Å². The van der Waals surface area contributed by atoms with Crippen molar-refractivity contribution in [3.8, 4) is 0 Å². The summed E-state index contributed by atoms with van der Waals surface area (Å²) in [5, 5.41) is 5.30. The van der Waals surface area contributed by atoms with E-state index in [4.69, 9.17) is 0 Å². The predicted molar refractivity (Wildman–Crippen MR) is 81.4 cm³/mol. The molecule has 2 rings (SSSR count). The van der Waals surface area contributed by atoms with Gasteiger partial charge in [0, 0.05) is 24.9 Å². The van der Waals surface area contributed by atoms with Crippen LogP contribution in [0.3, 0.4) is 0 Å². The van der Waals surface area contributed by atoms with Gasteiger partial charge in [-0.3, -0.25) is 15.1 Å². The van der Waals surface area contributed by atoms with E-state index >= 15 is 0 Å². The molecule has 0 bridgehead atoms. The Kier molecular flexibility index (Phi) is 8.06. The Morgan fingerprint density at radius 2 is 2.10 bits per heavy atom. The number of nitrogens with one attached hydrogen (secondary N) is 2. The van der Waals surface area contributed by atoms with Gasteiger partial charge in [-0.25, -0.2) is 8.78 Å². The van der Waals surface area contributed by atoms with Crippen molar-refractivity contribution in [2.75, 3.05) is 6.54 Å². The Balaban J connectivity index is 0.00000200. The molecule has 1 amide bonds. The number of carbonyl (C=O) groups is 1. The normalized spacial score (nSPS) is 20.8. The largest absolute Gasteiger partial charge is 0.352 e.